The normalized spacial score (nSPS) is 14.3. The van der Waals surface area contributed by atoms with Crippen LogP contribution in [0.5, 0.6) is 0 Å². The number of rotatable bonds is 3. The van der Waals surface area contributed by atoms with Crippen molar-refractivity contribution in [3.05, 3.63) is 70.4 Å². The number of carboxylic acid groups (broad SMARTS) is 1. The molecule has 3 aromatic rings. The molecule has 3 heteroatoms. The van der Waals surface area contributed by atoms with E-state index in [1.54, 1.807) is 6.07 Å². The Labute approximate surface area is 147 Å². The Bertz CT molecular complexity index is 952. The van der Waals surface area contributed by atoms with Gasteiger partial charge in [-0.15, -0.1) is 0 Å². The summed E-state index contributed by atoms with van der Waals surface area (Å²) >= 11 is 0. The number of fused-ring (bicyclic) bond motifs is 3. The number of aryl methyl sites for hydroxylation is 2. The minimum atomic E-state index is -0.843. The van der Waals surface area contributed by atoms with E-state index in [2.05, 4.69) is 41.8 Å². The van der Waals surface area contributed by atoms with Crippen LogP contribution in [-0.2, 0) is 19.4 Å². The van der Waals surface area contributed by atoms with Gasteiger partial charge in [0.05, 0.1) is 11.1 Å². The first-order valence-electron chi connectivity index (χ1n) is 9.07. The zero-order chi connectivity index (χ0) is 17.4. The lowest BCUT2D eigenvalue weighted by molar-refractivity contribution is 0.0698. The van der Waals surface area contributed by atoms with Gasteiger partial charge in [0.25, 0.3) is 0 Å². The molecule has 2 aromatic carbocycles. The van der Waals surface area contributed by atoms with Crippen LogP contribution in [-0.4, -0.2) is 15.6 Å². The summed E-state index contributed by atoms with van der Waals surface area (Å²) in [6, 6.07) is 14.1. The molecule has 0 bridgehead atoms. The van der Waals surface area contributed by atoms with Crippen LogP contribution < -0.4 is 0 Å². The predicted octanol–water partition coefficient (Wildman–Crippen LogP) is 4.97. The largest absolute Gasteiger partial charge is 0.478 e. The van der Waals surface area contributed by atoms with Gasteiger partial charge in [-0.2, -0.15) is 0 Å². The van der Waals surface area contributed by atoms with Gasteiger partial charge in [-0.05, 0) is 55.4 Å². The van der Waals surface area contributed by atoms with E-state index in [4.69, 9.17) is 0 Å². The Morgan fingerprint density at radius 1 is 1.04 bits per heavy atom. The van der Waals surface area contributed by atoms with Crippen LogP contribution in [0.4, 0.5) is 0 Å². The lowest BCUT2D eigenvalue weighted by Crippen LogP contribution is -2.09. The van der Waals surface area contributed by atoms with E-state index in [0.717, 1.165) is 30.3 Å². The molecule has 0 radical (unpaired) electrons. The SMILES string of the molecule is Cc1ccccc1Cn1c2c(c3cccc(C(=O)O)c31)CCCCC2. The third kappa shape index (κ3) is 2.74. The van der Waals surface area contributed by atoms with Gasteiger partial charge in [0.15, 0.2) is 0 Å². The van der Waals surface area contributed by atoms with Gasteiger partial charge in [0.2, 0.25) is 0 Å². The molecule has 1 aliphatic carbocycles. The first-order chi connectivity index (χ1) is 12.2. The molecule has 0 spiro atoms. The number of benzene rings is 2. The molecule has 1 aliphatic rings. The van der Waals surface area contributed by atoms with E-state index in [1.165, 1.54) is 41.6 Å². The molecule has 0 unspecified atom stereocenters. The van der Waals surface area contributed by atoms with Crippen molar-refractivity contribution in [2.24, 2.45) is 0 Å². The van der Waals surface area contributed by atoms with Crippen molar-refractivity contribution in [2.75, 3.05) is 0 Å². The second-order valence-corrected chi connectivity index (χ2v) is 7.01. The molecule has 0 aliphatic heterocycles. The molecular formula is C22H23NO2. The highest BCUT2D eigenvalue weighted by atomic mass is 16.4. The Morgan fingerprint density at radius 3 is 2.64 bits per heavy atom. The van der Waals surface area contributed by atoms with Crippen molar-refractivity contribution in [1.29, 1.82) is 0 Å². The molecular weight excluding hydrogens is 310 g/mol. The highest BCUT2D eigenvalue weighted by molar-refractivity contribution is 6.04. The van der Waals surface area contributed by atoms with Crippen molar-refractivity contribution in [2.45, 2.75) is 45.6 Å². The van der Waals surface area contributed by atoms with Gasteiger partial charge < -0.3 is 9.67 Å². The molecule has 1 aromatic heterocycles. The number of hydrogen-bond acceptors (Lipinski definition) is 1. The van der Waals surface area contributed by atoms with E-state index >= 15 is 0 Å². The fraction of sp³-hybridized carbons (Fsp3) is 0.318. The minimum absolute atomic E-state index is 0.416. The standard InChI is InChI=1S/C22H23NO2/c1-15-8-5-6-9-16(15)14-23-20-13-4-2-3-10-17(20)18-11-7-12-19(21(18)23)22(24)25/h5-9,11-12H,2-4,10,13-14H2,1H3,(H,24,25). The molecule has 4 rings (SSSR count). The van der Waals surface area contributed by atoms with Gasteiger partial charge in [-0.25, -0.2) is 4.79 Å². The van der Waals surface area contributed by atoms with Gasteiger partial charge in [0, 0.05) is 17.6 Å². The van der Waals surface area contributed by atoms with Gasteiger partial charge >= 0.3 is 5.97 Å². The van der Waals surface area contributed by atoms with Crippen molar-refractivity contribution >= 4 is 16.9 Å². The number of nitrogens with zero attached hydrogens (tertiary/aromatic N) is 1. The van der Waals surface area contributed by atoms with Crippen molar-refractivity contribution in [1.82, 2.24) is 4.57 Å². The van der Waals surface area contributed by atoms with Gasteiger partial charge in [-0.1, -0.05) is 42.8 Å². The molecule has 25 heavy (non-hydrogen) atoms. The number of hydrogen-bond donors (Lipinski definition) is 1. The van der Waals surface area contributed by atoms with Crippen LogP contribution in [0.15, 0.2) is 42.5 Å². The molecule has 0 saturated heterocycles. The molecule has 0 amide bonds. The second-order valence-electron chi connectivity index (χ2n) is 7.01. The van der Waals surface area contributed by atoms with Crippen molar-refractivity contribution in [3.8, 4) is 0 Å². The molecule has 1 N–H and O–H groups in total. The lowest BCUT2D eigenvalue weighted by Gasteiger charge is -2.14. The van der Waals surface area contributed by atoms with Gasteiger partial charge in [0.1, 0.15) is 0 Å². The minimum Gasteiger partial charge on any atom is -0.478 e. The molecule has 128 valence electrons. The fourth-order valence-corrected chi connectivity index (χ4v) is 4.17. The second kappa shape index (κ2) is 6.40. The third-order valence-corrected chi connectivity index (χ3v) is 5.47. The number of carbonyl (C=O) groups is 1. The summed E-state index contributed by atoms with van der Waals surface area (Å²) in [5, 5.41) is 10.9. The topological polar surface area (TPSA) is 42.2 Å². The average molecular weight is 333 g/mol. The fourth-order valence-electron chi connectivity index (χ4n) is 4.17. The Kier molecular flexibility index (Phi) is 4.08. The summed E-state index contributed by atoms with van der Waals surface area (Å²) in [5.74, 6) is -0.843. The highest BCUT2D eigenvalue weighted by Gasteiger charge is 2.23. The van der Waals surface area contributed by atoms with Crippen LogP contribution in [0.25, 0.3) is 10.9 Å². The number of carboxylic acids is 1. The zero-order valence-corrected chi connectivity index (χ0v) is 14.6. The Hall–Kier alpha value is -2.55. The van der Waals surface area contributed by atoms with E-state index < -0.39 is 5.97 Å². The molecule has 0 atom stereocenters. The van der Waals surface area contributed by atoms with Crippen molar-refractivity contribution in [3.63, 3.8) is 0 Å². The summed E-state index contributed by atoms with van der Waals surface area (Å²) in [6.45, 7) is 2.86. The van der Waals surface area contributed by atoms with Crippen LogP contribution in [0, 0.1) is 6.92 Å². The third-order valence-electron chi connectivity index (χ3n) is 5.47. The number of aromatic nitrogens is 1. The first kappa shape index (κ1) is 15.9. The molecule has 0 fully saturated rings. The summed E-state index contributed by atoms with van der Waals surface area (Å²) in [4.78, 5) is 11.9. The van der Waals surface area contributed by atoms with E-state index in [0.29, 0.717) is 5.56 Å². The number of para-hydroxylation sites is 1. The van der Waals surface area contributed by atoms with Gasteiger partial charge in [-0.3, -0.25) is 0 Å². The molecule has 3 nitrogen and oxygen atoms in total. The summed E-state index contributed by atoms with van der Waals surface area (Å²) in [7, 11) is 0. The smallest absolute Gasteiger partial charge is 0.337 e. The van der Waals surface area contributed by atoms with Crippen molar-refractivity contribution < 1.29 is 9.90 Å². The Balaban J connectivity index is 1.99. The van der Waals surface area contributed by atoms with E-state index in [1.807, 2.05) is 6.07 Å². The van der Waals surface area contributed by atoms with Crippen LogP contribution >= 0.6 is 0 Å². The average Bonchev–Trinajstić information content (AvgIpc) is 2.76. The lowest BCUT2D eigenvalue weighted by atomic mass is 10.0. The first-order valence-corrected chi connectivity index (χ1v) is 9.07. The molecule has 0 saturated carbocycles. The maximum atomic E-state index is 11.9. The zero-order valence-electron chi connectivity index (χ0n) is 14.6. The van der Waals surface area contributed by atoms with Crippen LogP contribution in [0.1, 0.15) is 52.0 Å². The Morgan fingerprint density at radius 2 is 1.84 bits per heavy atom. The van der Waals surface area contributed by atoms with Crippen LogP contribution in [0.2, 0.25) is 0 Å². The predicted molar refractivity (Wildman–Crippen MR) is 100 cm³/mol. The maximum absolute atomic E-state index is 11.9. The monoisotopic (exact) mass is 333 g/mol. The number of aromatic carboxylic acids is 1. The summed E-state index contributed by atoms with van der Waals surface area (Å²) in [6.07, 6.45) is 5.71. The van der Waals surface area contributed by atoms with E-state index in [-0.39, 0.29) is 0 Å². The van der Waals surface area contributed by atoms with E-state index in [9.17, 15) is 9.90 Å². The highest BCUT2D eigenvalue weighted by Crippen LogP contribution is 2.34. The maximum Gasteiger partial charge on any atom is 0.337 e. The molecule has 1 heterocycles. The summed E-state index contributed by atoms with van der Waals surface area (Å²) < 4.78 is 2.28. The van der Waals surface area contributed by atoms with Crippen LogP contribution in [0.3, 0.4) is 0 Å². The quantitative estimate of drug-likeness (QED) is 0.688. The summed E-state index contributed by atoms with van der Waals surface area (Å²) in [5.41, 5.74) is 6.52.